The Kier molecular flexibility index (Phi) is 3.59. The summed E-state index contributed by atoms with van der Waals surface area (Å²) in [4.78, 5) is 0. The van der Waals surface area contributed by atoms with Crippen LogP contribution in [-0.2, 0) is 0 Å². The van der Waals surface area contributed by atoms with Crippen molar-refractivity contribution in [3.63, 3.8) is 0 Å². The molecule has 0 radical (unpaired) electrons. The van der Waals surface area contributed by atoms with Crippen LogP contribution in [0.4, 0.5) is 0 Å². The molecule has 1 aromatic heterocycles. The Balaban J connectivity index is 2.21. The van der Waals surface area contributed by atoms with Crippen LogP contribution in [0.5, 0.6) is 0 Å². The van der Waals surface area contributed by atoms with Gasteiger partial charge in [0.2, 0.25) is 0 Å². The molecular formula is C14H18N2O. The zero-order valence-electron chi connectivity index (χ0n) is 10.3. The average Bonchev–Trinajstić information content (AvgIpc) is 2.76. The van der Waals surface area contributed by atoms with Crippen LogP contribution < -0.4 is 0 Å². The van der Waals surface area contributed by atoms with Gasteiger partial charge in [0.25, 0.3) is 0 Å². The van der Waals surface area contributed by atoms with E-state index in [9.17, 15) is 5.11 Å². The Morgan fingerprint density at radius 3 is 2.53 bits per heavy atom. The molecule has 17 heavy (non-hydrogen) atoms. The van der Waals surface area contributed by atoms with Gasteiger partial charge in [0.05, 0.1) is 12.3 Å². The van der Waals surface area contributed by atoms with E-state index < -0.39 is 0 Å². The molecule has 0 bridgehead atoms. The number of nitrogens with zero attached hydrogens (tertiary/aromatic N) is 1. The summed E-state index contributed by atoms with van der Waals surface area (Å²) < 4.78 is 0. The summed E-state index contributed by atoms with van der Waals surface area (Å²) in [5.74, 6) is 0. The van der Waals surface area contributed by atoms with E-state index in [2.05, 4.69) is 17.1 Å². The molecule has 90 valence electrons. The third-order valence-corrected chi connectivity index (χ3v) is 3.00. The molecule has 2 rings (SSSR count). The third kappa shape index (κ3) is 2.56. The Bertz CT molecular complexity index is 473. The summed E-state index contributed by atoms with van der Waals surface area (Å²) in [6.07, 6.45) is 3.28. The first-order valence-electron chi connectivity index (χ1n) is 6.00. The van der Waals surface area contributed by atoms with Crippen LogP contribution in [-0.4, -0.2) is 15.3 Å². The van der Waals surface area contributed by atoms with Crippen molar-refractivity contribution >= 4 is 0 Å². The van der Waals surface area contributed by atoms with Crippen molar-refractivity contribution in [2.45, 2.75) is 32.8 Å². The van der Waals surface area contributed by atoms with E-state index >= 15 is 0 Å². The molecule has 1 aromatic carbocycles. The summed E-state index contributed by atoms with van der Waals surface area (Å²) in [6, 6.07) is 8.04. The van der Waals surface area contributed by atoms with Gasteiger partial charge in [0, 0.05) is 11.3 Å². The second-order valence-corrected chi connectivity index (χ2v) is 4.34. The summed E-state index contributed by atoms with van der Waals surface area (Å²) in [5.41, 5.74) is 4.29. The van der Waals surface area contributed by atoms with Crippen molar-refractivity contribution in [3.8, 4) is 11.1 Å². The molecule has 0 saturated heterocycles. The number of benzene rings is 1. The molecule has 0 fully saturated rings. The largest absolute Gasteiger partial charge is 0.388 e. The highest BCUT2D eigenvalue weighted by Crippen LogP contribution is 2.24. The number of hydrogen-bond acceptors (Lipinski definition) is 2. The molecule has 3 nitrogen and oxygen atoms in total. The van der Waals surface area contributed by atoms with Gasteiger partial charge in [-0.25, -0.2) is 0 Å². The van der Waals surface area contributed by atoms with Crippen molar-refractivity contribution in [1.29, 1.82) is 0 Å². The number of aromatic amines is 1. The first-order chi connectivity index (χ1) is 8.22. The monoisotopic (exact) mass is 230 g/mol. The molecule has 2 aromatic rings. The van der Waals surface area contributed by atoms with E-state index in [1.165, 1.54) is 0 Å². The van der Waals surface area contributed by atoms with Crippen LogP contribution in [0.1, 0.15) is 37.1 Å². The summed E-state index contributed by atoms with van der Waals surface area (Å²) in [6.45, 7) is 4.08. The fourth-order valence-corrected chi connectivity index (χ4v) is 1.97. The minimum atomic E-state index is -0.348. The predicted molar refractivity (Wildman–Crippen MR) is 68.6 cm³/mol. The zero-order valence-corrected chi connectivity index (χ0v) is 10.3. The quantitative estimate of drug-likeness (QED) is 0.847. The minimum absolute atomic E-state index is 0.348. The van der Waals surface area contributed by atoms with Gasteiger partial charge >= 0.3 is 0 Å². The number of H-pyrrole nitrogens is 1. The Hall–Kier alpha value is -1.61. The zero-order chi connectivity index (χ0) is 12.3. The normalized spacial score (nSPS) is 12.6. The average molecular weight is 230 g/mol. The fourth-order valence-electron chi connectivity index (χ4n) is 1.97. The van der Waals surface area contributed by atoms with Gasteiger partial charge in [-0.2, -0.15) is 5.10 Å². The molecule has 0 saturated carbocycles. The summed E-state index contributed by atoms with van der Waals surface area (Å²) in [7, 11) is 0. The topological polar surface area (TPSA) is 48.9 Å². The molecule has 0 aliphatic heterocycles. The Morgan fingerprint density at radius 1 is 1.29 bits per heavy atom. The molecule has 0 amide bonds. The van der Waals surface area contributed by atoms with Crippen molar-refractivity contribution in [2.75, 3.05) is 0 Å². The van der Waals surface area contributed by atoms with Crippen molar-refractivity contribution in [1.82, 2.24) is 10.2 Å². The van der Waals surface area contributed by atoms with Gasteiger partial charge in [0.1, 0.15) is 0 Å². The number of nitrogens with one attached hydrogen (secondary N) is 1. The van der Waals surface area contributed by atoms with E-state index in [0.29, 0.717) is 0 Å². The number of aryl methyl sites for hydroxylation is 1. The molecule has 0 spiro atoms. The van der Waals surface area contributed by atoms with Crippen LogP contribution in [0.25, 0.3) is 11.1 Å². The summed E-state index contributed by atoms with van der Waals surface area (Å²) in [5, 5.41) is 16.8. The number of hydrogen-bond donors (Lipinski definition) is 2. The van der Waals surface area contributed by atoms with Crippen molar-refractivity contribution < 1.29 is 5.11 Å². The van der Waals surface area contributed by atoms with E-state index in [0.717, 1.165) is 35.2 Å². The van der Waals surface area contributed by atoms with Gasteiger partial charge in [-0.3, -0.25) is 5.10 Å². The lowest BCUT2D eigenvalue weighted by Crippen LogP contribution is -1.96. The third-order valence-electron chi connectivity index (χ3n) is 3.00. The summed E-state index contributed by atoms with van der Waals surface area (Å²) >= 11 is 0. The SMILES string of the molecule is CCC[C@@H](O)c1ccc(-c2cn[nH]c2C)cc1. The predicted octanol–water partition coefficient (Wildman–Crippen LogP) is 3.22. The molecule has 0 unspecified atom stereocenters. The molecule has 2 N–H and O–H groups in total. The molecule has 1 heterocycles. The van der Waals surface area contributed by atoms with Crippen LogP contribution in [0.3, 0.4) is 0 Å². The van der Waals surface area contributed by atoms with Gasteiger partial charge in [-0.05, 0) is 24.5 Å². The maximum absolute atomic E-state index is 9.88. The van der Waals surface area contributed by atoms with E-state index in [1.54, 1.807) is 0 Å². The lowest BCUT2D eigenvalue weighted by Gasteiger charge is -2.10. The molecule has 3 heteroatoms. The lowest BCUT2D eigenvalue weighted by molar-refractivity contribution is 0.166. The Labute approximate surface area is 102 Å². The highest BCUT2D eigenvalue weighted by Gasteiger charge is 2.07. The number of aliphatic hydroxyl groups excluding tert-OH is 1. The smallest absolute Gasteiger partial charge is 0.0790 e. The Morgan fingerprint density at radius 2 is 2.00 bits per heavy atom. The maximum Gasteiger partial charge on any atom is 0.0790 e. The highest BCUT2D eigenvalue weighted by atomic mass is 16.3. The molecule has 1 atom stereocenters. The van der Waals surface area contributed by atoms with Crippen molar-refractivity contribution in [2.24, 2.45) is 0 Å². The van der Waals surface area contributed by atoms with Crippen LogP contribution in [0.2, 0.25) is 0 Å². The standard InChI is InChI=1S/C14H18N2O/c1-3-4-14(17)12-7-5-11(6-8-12)13-9-15-16-10(13)2/h5-9,14,17H,3-4H2,1-2H3,(H,15,16)/t14-/m1/s1. The number of rotatable bonds is 4. The molecule has 0 aliphatic carbocycles. The van der Waals surface area contributed by atoms with Gasteiger partial charge in [-0.15, -0.1) is 0 Å². The second-order valence-electron chi connectivity index (χ2n) is 4.34. The first-order valence-corrected chi connectivity index (χ1v) is 6.00. The molecular weight excluding hydrogens is 212 g/mol. The van der Waals surface area contributed by atoms with Crippen LogP contribution in [0.15, 0.2) is 30.5 Å². The van der Waals surface area contributed by atoms with E-state index in [1.807, 2.05) is 37.4 Å². The number of aliphatic hydroxyl groups is 1. The highest BCUT2D eigenvalue weighted by molar-refractivity contribution is 5.65. The molecule has 0 aliphatic rings. The first kappa shape index (κ1) is 11.9. The maximum atomic E-state index is 9.88. The van der Waals surface area contributed by atoms with Gasteiger partial charge in [0.15, 0.2) is 0 Å². The minimum Gasteiger partial charge on any atom is -0.388 e. The number of aromatic nitrogens is 2. The fraction of sp³-hybridized carbons (Fsp3) is 0.357. The van der Waals surface area contributed by atoms with E-state index in [-0.39, 0.29) is 6.10 Å². The lowest BCUT2D eigenvalue weighted by atomic mass is 10.0. The van der Waals surface area contributed by atoms with Crippen LogP contribution in [0, 0.1) is 6.92 Å². The van der Waals surface area contributed by atoms with Crippen molar-refractivity contribution in [3.05, 3.63) is 41.7 Å². The van der Waals surface area contributed by atoms with E-state index in [4.69, 9.17) is 0 Å². The van der Waals surface area contributed by atoms with Gasteiger partial charge < -0.3 is 5.11 Å². The van der Waals surface area contributed by atoms with Crippen LogP contribution >= 0.6 is 0 Å². The van der Waals surface area contributed by atoms with Gasteiger partial charge in [-0.1, -0.05) is 37.6 Å². The second kappa shape index (κ2) is 5.15.